The molecule has 208 valence electrons. The van der Waals surface area contributed by atoms with Crippen LogP contribution in [0, 0.1) is 0 Å². The molecule has 1 aliphatic heterocycles. The van der Waals surface area contributed by atoms with Gasteiger partial charge < -0.3 is 9.32 Å². The molecule has 0 amide bonds. The largest absolute Gasteiger partial charge is 0.397 e. The topological polar surface area (TPSA) is 74.6 Å². The zero-order chi connectivity index (χ0) is 28.7. The Hall–Kier alpha value is -3.85. The number of fused-ring (bicyclic) bond motifs is 4. The summed E-state index contributed by atoms with van der Waals surface area (Å²) in [6.45, 7) is 7.89. The van der Waals surface area contributed by atoms with Crippen molar-refractivity contribution >= 4 is 55.5 Å². The Kier molecular flexibility index (Phi) is 7.23. The van der Waals surface area contributed by atoms with Crippen molar-refractivity contribution in [3.05, 3.63) is 101 Å². The van der Waals surface area contributed by atoms with Crippen LogP contribution in [0.3, 0.4) is 0 Å². The van der Waals surface area contributed by atoms with Gasteiger partial charge in [0.05, 0.1) is 16.8 Å². The molecular formula is C33H31N2O4S2+. The molecule has 0 spiro atoms. The van der Waals surface area contributed by atoms with Gasteiger partial charge >= 0.3 is 5.89 Å². The normalized spacial score (nSPS) is 14.9. The van der Waals surface area contributed by atoms with Crippen molar-refractivity contribution < 1.29 is 22.0 Å². The molecule has 6 rings (SSSR count). The van der Waals surface area contributed by atoms with E-state index < -0.39 is 10.1 Å². The third-order valence-corrected chi connectivity index (χ3v) is 9.51. The van der Waals surface area contributed by atoms with Crippen LogP contribution in [0.25, 0.3) is 39.1 Å². The predicted octanol–water partition coefficient (Wildman–Crippen LogP) is 8.07. The molecule has 0 aliphatic carbocycles. The van der Waals surface area contributed by atoms with E-state index in [1.165, 1.54) is 32.8 Å². The summed E-state index contributed by atoms with van der Waals surface area (Å²) in [7, 11) is -4.37. The van der Waals surface area contributed by atoms with E-state index in [1.54, 1.807) is 23.9 Å². The lowest BCUT2D eigenvalue weighted by Gasteiger charge is -2.19. The van der Waals surface area contributed by atoms with Gasteiger partial charge in [0.1, 0.15) is 11.4 Å². The summed E-state index contributed by atoms with van der Waals surface area (Å²) < 4.78 is 42.2. The number of allylic oxidation sites excluding steroid dienone is 2. The van der Waals surface area contributed by atoms with Crippen molar-refractivity contribution in [1.29, 1.82) is 0 Å². The number of anilines is 1. The van der Waals surface area contributed by atoms with E-state index in [-0.39, 0.29) is 4.90 Å². The standard InChI is InChI=1S/C33H30N2O4S2/c1-4-22(20-32-35(6-3)28-21-24(15-18-29(28)40-32)23-11-8-7-9-12-23)19-31-34(5-2)27-17-16-25-26(33(27)39-31)13-10-14-30(25)41(36,37)38/h7-21H,4-6H2,1-3H3/p+1. The van der Waals surface area contributed by atoms with Gasteiger partial charge in [-0.2, -0.15) is 13.0 Å². The molecule has 0 radical (unpaired) electrons. The number of aryl methyl sites for hydroxylation is 1. The molecule has 1 N–H and O–H groups in total. The summed E-state index contributed by atoms with van der Waals surface area (Å²) in [4.78, 5) is 3.47. The van der Waals surface area contributed by atoms with Gasteiger partial charge in [0.25, 0.3) is 15.6 Å². The molecule has 4 aromatic carbocycles. The molecule has 2 heterocycles. The zero-order valence-corrected chi connectivity index (χ0v) is 24.8. The maximum absolute atomic E-state index is 12.0. The lowest BCUT2D eigenvalue weighted by atomic mass is 10.0. The van der Waals surface area contributed by atoms with Gasteiger partial charge in [-0.25, -0.2) is 0 Å². The Morgan fingerprint density at radius 1 is 0.951 bits per heavy atom. The Morgan fingerprint density at radius 3 is 2.46 bits per heavy atom. The van der Waals surface area contributed by atoms with Crippen molar-refractivity contribution in [2.75, 3.05) is 11.4 Å². The maximum Gasteiger partial charge on any atom is 0.374 e. The Bertz CT molecular complexity index is 1960. The van der Waals surface area contributed by atoms with Gasteiger partial charge in [0, 0.05) is 28.3 Å². The lowest BCUT2D eigenvalue weighted by molar-refractivity contribution is -0.674. The van der Waals surface area contributed by atoms with Crippen LogP contribution in [0.5, 0.6) is 0 Å². The van der Waals surface area contributed by atoms with Crippen molar-refractivity contribution in [2.24, 2.45) is 0 Å². The molecule has 0 bridgehead atoms. The van der Waals surface area contributed by atoms with Gasteiger partial charge in [-0.05, 0) is 67.3 Å². The third-order valence-electron chi connectivity index (χ3n) is 7.49. The van der Waals surface area contributed by atoms with Gasteiger partial charge in [0.15, 0.2) is 0 Å². The molecule has 1 aromatic heterocycles. The van der Waals surface area contributed by atoms with Crippen LogP contribution in [0.15, 0.2) is 110 Å². The van der Waals surface area contributed by atoms with Crippen molar-refractivity contribution in [1.82, 2.24) is 0 Å². The number of aromatic nitrogens is 1. The first kappa shape index (κ1) is 27.3. The summed E-state index contributed by atoms with van der Waals surface area (Å²) in [5.74, 6) is 0.691. The zero-order valence-electron chi connectivity index (χ0n) is 23.2. The summed E-state index contributed by atoms with van der Waals surface area (Å²) in [6.07, 6.45) is 5.11. The fourth-order valence-corrected chi connectivity index (χ4v) is 7.34. The maximum atomic E-state index is 12.0. The van der Waals surface area contributed by atoms with Crippen LogP contribution in [-0.2, 0) is 16.7 Å². The molecular weight excluding hydrogens is 553 g/mol. The predicted molar refractivity (Wildman–Crippen MR) is 167 cm³/mol. The van der Waals surface area contributed by atoms with E-state index in [0.717, 1.165) is 24.1 Å². The summed E-state index contributed by atoms with van der Waals surface area (Å²) in [5.41, 5.74) is 6.20. The van der Waals surface area contributed by atoms with E-state index >= 15 is 0 Å². The second-order valence-corrected chi connectivity index (χ2v) is 12.3. The molecule has 0 saturated heterocycles. The first-order valence-corrected chi connectivity index (χ1v) is 16.0. The molecule has 5 aromatic rings. The Labute approximate surface area is 244 Å². The molecule has 1 aliphatic rings. The number of oxazole rings is 1. The minimum Gasteiger partial charge on any atom is -0.397 e. The number of nitrogens with zero attached hydrogens (tertiary/aromatic N) is 2. The van der Waals surface area contributed by atoms with E-state index in [9.17, 15) is 13.0 Å². The minimum absolute atomic E-state index is 0.125. The number of rotatable bonds is 7. The Morgan fingerprint density at radius 2 is 1.76 bits per heavy atom. The number of thioether (sulfide) groups is 1. The highest BCUT2D eigenvalue weighted by atomic mass is 32.2. The van der Waals surface area contributed by atoms with Crippen LogP contribution in [0.4, 0.5) is 5.69 Å². The quantitative estimate of drug-likeness (QED) is 0.154. The number of benzene rings is 4. The summed E-state index contributed by atoms with van der Waals surface area (Å²) in [6, 6.07) is 25.5. The highest BCUT2D eigenvalue weighted by Crippen LogP contribution is 2.47. The molecule has 41 heavy (non-hydrogen) atoms. The highest BCUT2D eigenvalue weighted by molar-refractivity contribution is 8.03. The SMILES string of the molecule is CCC(=C\c1oc2c3cccc(S(=O)(=O)O)c3ccc2[n+]1CC)/C=C1/Sc2ccc(-c3ccccc3)cc2N1CC. The van der Waals surface area contributed by atoms with Gasteiger partial charge in [-0.3, -0.25) is 4.55 Å². The third kappa shape index (κ3) is 4.96. The molecule has 0 saturated carbocycles. The van der Waals surface area contributed by atoms with Crippen LogP contribution in [-0.4, -0.2) is 19.5 Å². The fourth-order valence-electron chi connectivity index (χ4n) is 5.45. The van der Waals surface area contributed by atoms with Crippen LogP contribution in [0.2, 0.25) is 0 Å². The Balaban J connectivity index is 1.42. The van der Waals surface area contributed by atoms with Gasteiger partial charge in [-0.1, -0.05) is 67.2 Å². The van der Waals surface area contributed by atoms with E-state index in [0.29, 0.717) is 28.8 Å². The van der Waals surface area contributed by atoms with Crippen LogP contribution in [0.1, 0.15) is 33.1 Å². The smallest absolute Gasteiger partial charge is 0.374 e. The molecule has 0 unspecified atom stereocenters. The summed E-state index contributed by atoms with van der Waals surface area (Å²) >= 11 is 1.78. The van der Waals surface area contributed by atoms with E-state index in [1.807, 2.05) is 18.2 Å². The van der Waals surface area contributed by atoms with Crippen molar-refractivity contribution in [3.63, 3.8) is 0 Å². The number of hydrogen-bond donors (Lipinski definition) is 1. The first-order valence-electron chi connectivity index (χ1n) is 13.7. The second-order valence-electron chi connectivity index (χ2n) is 9.87. The number of hydrogen-bond acceptors (Lipinski definition) is 5. The minimum atomic E-state index is -4.37. The first-order chi connectivity index (χ1) is 19.8. The highest BCUT2D eigenvalue weighted by Gasteiger charge is 2.26. The molecule has 0 fully saturated rings. The second kappa shape index (κ2) is 10.9. The lowest BCUT2D eigenvalue weighted by Crippen LogP contribution is -2.33. The monoisotopic (exact) mass is 583 g/mol. The van der Waals surface area contributed by atoms with E-state index in [2.05, 4.69) is 84.9 Å². The molecule has 0 atom stereocenters. The summed E-state index contributed by atoms with van der Waals surface area (Å²) in [5, 5.41) is 2.24. The molecule has 6 nitrogen and oxygen atoms in total. The fraction of sp³-hybridized carbons (Fsp3) is 0.182. The average molecular weight is 584 g/mol. The van der Waals surface area contributed by atoms with Crippen molar-refractivity contribution in [2.45, 2.75) is 43.5 Å². The van der Waals surface area contributed by atoms with Gasteiger partial charge in [-0.15, -0.1) is 0 Å². The van der Waals surface area contributed by atoms with Gasteiger partial charge in [0.2, 0.25) is 5.58 Å². The average Bonchev–Trinajstić information content (AvgIpc) is 3.52. The van der Waals surface area contributed by atoms with Crippen molar-refractivity contribution in [3.8, 4) is 11.1 Å². The van der Waals surface area contributed by atoms with Crippen LogP contribution >= 0.6 is 11.8 Å². The van der Waals surface area contributed by atoms with Crippen LogP contribution < -0.4 is 9.47 Å². The molecule has 8 heteroatoms. The van der Waals surface area contributed by atoms with E-state index in [4.69, 9.17) is 4.42 Å².